The molecule has 3 aromatic rings. The van der Waals surface area contributed by atoms with Gasteiger partial charge in [-0.05, 0) is 29.8 Å². The molecule has 0 aliphatic carbocycles. The second-order valence-electron chi connectivity index (χ2n) is 6.55. The molecule has 0 fully saturated rings. The van der Waals surface area contributed by atoms with E-state index in [1.807, 2.05) is 10.6 Å². The highest BCUT2D eigenvalue weighted by molar-refractivity contribution is 6.42. The molecule has 2 amide bonds. The van der Waals surface area contributed by atoms with E-state index >= 15 is 0 Å². The molecule has 2 aromatic carbocycles. The highest BCUT2D eigenvalue weighted by atomic mass is 35.5. The highest BCUT2D eigenvalue weighted by Crippen LogP contribution is 2.26. The van der Waals surface area contributed by atoms with Crippen molar-refractivity contribution in [3.63, 3.8) is 0 Å². The van der Waals surface area contributed by atoms with Crippen LogP contribution in [0.1, 0.15) is 22.3 Å². The zero-order valence-electron chi connectivity index (χ0n) is 15.8. The van der Waals surface area contributed by atoms with Gasteiger partial charge in [0.2, 0.25) is 5.91 Å². The second-order valence-corrected chi connectivity index (χ2v) is 7.34. The summed E-state index contributed by atoms with van der Waals surface area (Å²) in [7, 11) is 1.69. The predicted octanol–water partition coefficient (Wildman–Crippen LogP) is 4.49. The maximum Gasteiger partial charge on any atom is 0.253 e. The molecule has 0 radical (unpaired) electrons. The molecule has 1 aromatic heterocycles. The highest BCUT2D eigenvalue weighted by Gasteiger charge is 2.15. The van der Waals surface area contributed by atoms with Crippen LogP contribution in [-0.2, 0) is 17.9 Å². The lowest BCUT2D eigenvalue weighted by atomic mass is 10.1. The molecular formula is C21H20Cl2N4O2. The average Bonchev–Trinajstić information content (AvgIpc) is 3.23. The lowest BCUT2D eigenvalue weighted by Crippen LogP contribution is -2.26. The van der Waals surface area contributed by atoms with Crippen LogP contribution in [0.5, 0.6) is 0 Å². The molecule has 1 N–H and O–H groups in total. The van der Waals surface area contributed by atoms with Crippen molar-refractivity contribution in [3.8, 4) is 0 Å². The van der Waals surface area contributed by atoms with Crippen LogP contribution in [0.25, 0.3) is 0 Å². The number of aromatic nitrogens is 2. The van der Waals surface area contributed by atoms with E-state index < -0.39 is 0 Å². The van der Waals surface area contributed by atoms with Gasteiger partial charge in [-0.25, -0.2) is 4.98 Å². The van der Waals surface area contributed by atoms with Gasteiger partial charge in [0.15, 0.2) is 0 Å². The number of halogens is 2. The molecule has 3 rings (SSSR count). The topological polar surface area (TPSA) is 67.2 Å². The van der Waals surface area contributed by atoms with E-state index in [1.165, 1.54) is 0 Å². The van der Waals surface area contributed by atoms with Gasteiger partial charge in [0, 0.05) is 50.2 Å². The number of aryl methyl sites for hydroxylation is 1. The van der Waals surface area contributed by atoms with Crippen LogP contribution >= 0.6 is 23.2 Å². The Morgan fingerprint density at radius 3 is 2.72 bits per heavy atom. The molecular weight excluding hydrogens is 411 g/mol. The summed E-state index contributed by atoms with van der Waals surface area (Å²) >= 11 is 12.3. The van der Waals surface area contributed by atoms with Crippen molar-refractivity contribution in [2.24, 2.45) is 0 Å². The number of carbonyl (C=O) groups excluding carboxylic acids is 2. The van der Waals surface area contributed by atoms with Crippen LogP contribution in [-0.4, -0.2) is 33.3 Å². The fraction of sp³-hybridized carbons (Fsp3) is 0.190. The van der Waals surface area contributed by atoms with Crippen molar-refractivity contribution in [3.05, 3.63) is 82.4 Å². The van der Waals surface area contributed by atoms with E-state index in [1.54, 1.807) is 67.1 Å². The van der Waals surface area contributed by atoms with Gasteiger partial charge in [0.25, 0.3) is 5.91 Å². The number of imidazole rings is 1. The first-order valence-electron chi connectivity index (χ1n) is 8.98. The number of nitrogens with one attached hydrogen (secondary N) is 1. The SMILES string of the molecule is CN(Cc1cccc(Cl)c1Cl)C(=O)c1cccc(NC(=O)CCn2ccnc2)c1. The van der Waals surface area contributed by atoms with Gasteiger partial charge in [0.05, 0.1) is 16.4 Å². The van der Waals surface area contributed by atoms with Gasteiger partial charge in [-0.3, -0.25) is 9.59 Å². The zero-order chi connectivity index (χ0) is 20.8. The Bertz CT molecular complexity index is 1010. The number of nitrogens with zero attached hydrogens (tertiary/aromatic N) is 3. The van der Waals surface area contributed by atoms with Crippen LogP contribution in [0, 0.1) is 0 Å². The number of hydrogen-bond donors (Lipinski definition) is 1. The molecule has 0 bridgehead atoms. The lowest BCUT2D eigenvalue weighted by Gasteiger charge is -2.19. The van der Waals surface area contributed by atoms with E-state index in [9.17, 15) is 9.59 Å². The van der Waals surface area contributed by atoms with E-state index in [0.717, 1.165) is 5.56 Å². The number of carbonyl (C=O) groups is 2. The molecule has 0 unspecified atom stereocenters. The number of amides is 2. The second kappa shape index (κ2) is 9.58. The van der Waals surface area contributed by atoms with Crippen molar-refractivity contribution in [1.29, 1.82) is 0 Å². The molecule has 0 saturated carbocycles. The number of benzene rings is 2. The van der Waals surface area contributed by atoms with Gasteiger partial charge < -0.3 is 14.8 Å². The van der Waals surface area contributed by atoms with Crippen molar-refractivity contribution in [1.82, 2.24) is 14.5 Å². The molecule has 29 heavy (non-hydrogen) atoms. The van der Waals surface area contributed by atoms with Crippen molar-refractivity contribution < 1.29 is 9.59 Å². The van der Waals surface area contributed by atoms with Crippen LogP contribution in [0.2, 0.25) is 10.0 Å². The minimum atomic E-state index is -0.185. The Balaban J connectivity index is 1.62. The Morgan fingerprint density at radius 1 is 1.17 bits per heavy atom. The van der Waals surface area contributed by atoms with Gasteiger partial charge in [0.1, 0.15) is 0 Å². The molecule has 1 heterocycles. The number of hydrogen-bond acceptors (Lipinski definition) is 3. The van der Waals surface area contributed by atoms with Gasteiger partial charge in [-0.15, -0.1) is 0 Å². The first-order chi connectivity index (χ1) is 13.9. The van der Waals surface area contributed by atoms with Gasteiger partial charge in [-0.2, -0.15) is 0 Å². The summed E-state index contributed by atoms with van der Waals surface area (Å²) in [6.45, 7) is 0.854. The number of anilines is 1. The summed E-state index contributed by atoms with van der Waals surface area (Å²) in [5.74, 6) is -0.321. The third kappa shape index (κ3) is 5.59. The third-order valence-electron chi connectivity index (χ3n) is 4.34. The van der Waals surface area contributed by atoms with Crippen LogP contribution in [0.15, 0.2) is 61.2 Å². The summed E-state index contributed by atoms with van der Waals surface area (Å²) < 4.78 is 1.83. The van der Waals surface area contributed by atoms with E-state index in [2.05, 4.69) is 10.3 Å². The Kier molecular flexibility index (Phi) is 6.90. The summed E-state index contributed by atoms with van der Waals surface area (Å²) in [6.07, 6.45) is 5.44. The lowest BCUT2D eigenvalue weighted by molar-refractivity contribution is -0.116. The molecule has 6 nitrogen and oxygen atoms in total. The molecule has 0 aliphatic heterocycles. The first kappa shape index (κ1) is 20.9. The van der Waals surface area contributed by atoms with Crippen molar-refractivity contribution in [2.75, 3.05) is 12.4 Å². The molecule has 150 valence electrons. The molecule has 0 aliphatic rings. The minimum Gasteiger partial charge on any atom is -0.337 e. The monoisotopic (exact) mass is 430 g/mol. The largest absolute Gasteiger partial charge is 0.337 e. The van der Waals surface area contributed by atoms with E-state index in [-0.39, 0.29) is 11.8 Å². The van der Waals surface area contributed by atoms with Gasteiger partial charge >= 0.3 is 0 Å². The maximum absolute atomic E-state index is 12.8. The van der Waals surface area contributed by atoms with Crippen molar-refractivity contribution in [2.45, 2.75) is 19.5 Å². The molecule has 8 heteroatoms. The Morgan fingerprint density at radius 2 is 1.97 bits per heavy atom. The normalized spacial score (nSPS) is 10.6. The summed E-state index contributed by atoms with van der Waals surface area (Å²) in [6, 6.07) is 12.2. The predicted molar refractivity (Wildman–Crippen MR) is 114 cm³/mol. The van der Waals surface area contributed by atoms with E-state index in [0.29, 0.717) is 40.8 Å². The van der Waals surface area contributed by atoms with Gasteiger partial charge in [-0.1, -0.05) is 41.4 Å². The van der Waals surface area contributed by atoms with Crippen molar-refractivity contribution >= 4 is 40.7 Å². The zero-order valence-corrected chi connectivity index (χ0v) is 17.3. The average molecular weight is 431 g/mol. The molecule has 0 saturated heterocycles. The number of rotatable bonds is 7. The Hall–Kier alpha value is -2.83. The summed E-state index contributed by atoms with van der Waals surface area (Å²) in [5.41, 5.74) is 1.80. The minimum absolute atomic E-state index is 0.137. The summed E-state index contributed by atoms with van der Waals surface area (Å²) in [4.78, 5) is 30.5. The quantitative estimate of drug-likeness (QED) is 0.600. The summed E-state index contributed by atoms with van der Waals surface area (Å²) in [5, 5.41) is 3.71. The smallest absolute Gasteiger partial charge is 0.253 e. The first-order valence-corrected chi connectivity index (χ1v) is 9.73. The van der Waals surface area contributed by atoms with E-state index in [4.69, 9.17) is 23.2 Å². The fourth-order valence-corrected chi connectivity index (χ4v) is 3.20. The maximum atomic E-state index is 12.8. The molecule has 0 spiro atoms. The van der Waals surface area contributed by atoms with Crippen LogP contribution in [0.4, 0.5) is 5.69 Å². The van der Waals surface area contributed by atoms with Crippen LogP contribution < -0.4 is 5.32 Å². The fourth-order valence-electron chi connectivity index (χ4n) is 2.82. The third-order valence-corrected chi connectivity index (χ3v) is 5.19. The van der Waals surface area contributed by atoms with Crippen LogP contribution in [0.3, 0.4) is 0 Å². The molecule has 0 atom stereocenters. The standard InChI is InChI=1S/C21H20Cl2N4O2/c1-26(13-16-5-3-7-18(22)20(16)23)21(29)15-4-2-6-17(12-15)25-19(28)8-10-27-11-9-24-14-27/h2-7,9,11-12,14H,8,10,13H2,1H3,(H,25,28). The Labute approximate surface area is 179 Å².